The molecule has 10 heteroatoms. The number of hydrogen-bond acceptors (Lipinski definition) is 3. The van der Waals surface area contributed by atoms with E-state index in [2.05, 4.69) is 4.72 Å². The number of fused-ring (bicyclic) bond motifs is 1. The third-order valence-electron chi connectivity index (χ3n) is 4.06. The first kappa shape index (κ1) is 24.3. The number of benzene rings is 1. The summed E-state index contributed by atoms with van der Waals surface area (Å²) in [5, 5.41) is 0.151. The predicted octanol–water partition coefficient (Wildman–Crippen LogP) is 5.09. The van der Waals surface area contributed by atoms with Crippen LogP contribution < -0.4 is 4.72 Å². The van der Waals surface area contributed by atoms with Gasteiger partial charge in [0.25, 0.3) is 0 Å². The minimum absolute atomic E-state index is 0.0797. The lowest BCUT2D eigenvalue weighted by Gasteiger charge is -2.25. The second-order valence-electron chi connectivity index (χ2n) is 8.96. The monoisotopic (exact) mass is 450 g/mol. The van der Waals surface area contributed by atoms with Crippen LogP contribution in [-0.4, -0.2) is 37.4 Å². The summed E-state index contributed by atoms with van der Waals surface area (Å²) in [6.45, 7) is 9.61. The van der Waals surface area contributed by atoms with Crippen LogP contribution in [0.4, 0.5) is 22.4 Å². The van der Waals surface area contributed by atoms with Gasteiger partial charge < -0.3 is 4.74 Å². The molecule has 5 nitrogen and oxygen atoms in total. The lowest BCUT2D eigenvalue weighted by atomic mass is 10.1. The van der Waals surface area contributed by atoms with Gasteiger partial charge in [0.15, 0.2) is 0 Å². The fourth-order valence-corrected chi connectivity index (χ4v) is 3.47. The van der Waals surface area contributed by atoms with E-state index in [-0.39, 0.29) is 16.5 Å². The van der Waals surface area contributed by atoms with Crippen molar-refractivity contribution in [1.82, 2.24) is 9.29 Å². The van der Waals surface area contributed by atoms with Crippen LogP contribution in [0, 0.1) is 5.82 Å². The Labute approximate surface area is 175 Å². The number of hydrogen-bond donors (Lipinski definition) is 1. The summed E-state index contributed by atoms with van der Waals surface area (Å²) in [7, 11) is -1.98. The van der Waals surface area contributed by atoms with Crippen molar-refractivity contribution < 1.29 is 31.3 Å². The van der Waals surface area contributed by atoms with E-state index in [4.69, 9.17) is 4.74 Å². The number of carbonyl (C=O) groups is 1. The van der Waals surface area contributed by atoms with Crippen molar-refractivity contribution in [2.45, 2.75) is 70.5 Å². The summed E-state index contributed by atoms with van der Waals surface area (Å²) in [4.78, 5) is 12.5. The van der Waals surface area contributed by atoms with Crippen molar-refractivity contribution in [3.05, 3.63) is 35.8 Å². The molecular weight excluding hydrogens is 424 g/mol. The van der Waals surface area contributed by atoms with E-state index in [0.29, 0.717) is 0 Å². The molecule has 2 atom stereocenters. The molecular formula is C20H26F4N2O3S. The third-order valence-corrected chi connectivity index (χ3v) is 5.67. The zero-order valence-electron chi connectivity index (χ0n) is 17.7. The van der Waals surface area contributed by atoms with Crippen molar-refractivity contribution >= 4 is 28.0 Å². The number of alkyl halides is 3. The van der Waals surface area contributed by atoms with E-state index in [1.165, 1.54) is 12.3 Å². The summed E-state index contributed by atoms with van der Waals surface area (Å²) >= 11 is 0. The van der Waals surface area contributed by atoms with Gasteiger partial charge in [-0.05, 0) is 71.7 Å². The van der Waals surface area contributed by atoms with E-state index in [0.717, 1.165) is 16.7 Å². The molecule has 0 saturated heterocycles. The number of carbonyl (C=O) groups excluding carboxylic acids is 1. The second kappa shape index (κ2) is 8.30. The van der Waals surface area contributed by atoms with Crippen molar-refractivity contribution in [2.75, 3.05) is 0 Å². The summed E-state index contributed by atoms with van der Waals surface area (Å²) in [5.74, 6) is -0.652. The van der Waals surface area contributed by atoms with E-state index in [1.54, 1.807) is 41.5 Å². The van der Waals surface area contributed by atoms with Crippen molar-refractivity contribution in [2.24, 2.45) is 0 Å². The maximum Gasteiger partial charge on any atom is 0.419 e. The SMILES string of the molecule is CC(C)(C)OC(=O)n1cc(C[C@H](NS(=O)C(C)(C)C)C(F)(F)F)c2cc(F)ccc21. The van der Waals surface area contributed by atoms with Gasteiger partial charge in [0.05, 0.1) is 21.2 Å². The molecule has 0 spiro atoms. The highest BCUT2D eigenvalue weighted by molar-refractivity contribution is 7.84. The molecule has 2 aromatic rings. The normalized spacial score (nSPS) is 15.3. The summed E-state index contributed by atoms with van der Waals surface area (Å²) in [6, 6.07) is 1.33. The molecule has 1 unspecified atom stereocenters. The lowest BCUT2D eigenvalue weighted by molar-refractivity contribution is -0.150. The van der Waals surface area contributed by atoms with E-state index >= 15 is 0 Å². The maximum absolute atomic E-state index is 13.8. The van der Waals surface area contributed by atoms with Crippen LogP contribution in [-0.2, 0) is 22.1 Å². The molecule has 0 fully saturated rings. The summed E-state index contributed by atoms with van der Waals surface area (Å²) in [5.41, 5.74) is -0.525. The third kappa shape index (κ3) is 6.04. The smallest absolute Gasteiger partial charge is 0.419 e. The number of ether oxygens (including phenoxy) is 1. The molecule has 1 aromatic heterocycles. The minimum atomic E-state index is -4.71. The Bertz CT molecular complexity index is 956. The summed E-state index contributed by atoms with van der Waals surface area (Å²) in [6.07, 6.45) is -4.94. The van der Waals surface area contributed by atoms with Crippen molar-refractivity contribution in [3.8, 4) is 0 Å². The van der Waals surface area contributed by atoms with E-state index in [1.807, 2.05) is 0 Å². The fraction of sp³-hybridized carbons (Fsp3) is 0.550. The van der Waals surface area contributed by atoms with Crippen LogP contribution in [0.2, 0.25) is 0 Å². The first-order chi connectivity index (χ1) is 13.5. The molecule has 2 rings (SSSR count). The highest BCUT2D eigenvalue weighted by atomic mass is 32.2. The molecule has 1 aromatic carbocycles. The molecule has 1 N–H and O–H groups in total. The maximum atomic E-state index is 13.8. The van der Waals surface area contributed by atoms with Gasteiger partial charge in [-0.25, -0.2) is 18.1 Å². The molecule has 0 amide bonds. The fourth-order valence-electron chi connectivity index (χ4n) is 2.65. The highest BCUT2D eigenvalue weighted by Gasteiger charge is 2.42. The molecule has 0 aliphatic carbocycles. The van der Waals surface area contributed by atoms with E-state index in [9.17, 15) is 26.6 Å². The van der Waals surface area contributed by atoms with Crippen molar-refractivity contribution in [3.63, 3.8) is 0 Å². The minimum Gasteiger partial charge on any atom is -0.443 e. The molecule has 0 saturated carbocycles. The number of aromatic nitrogens is 1. The zero-order valence-corrected chi connectivity index (χ0v) is 18.5. The van der Waals surface area contributed by atoms with Gasteiger partial charge in [-0.1, -0.05) is 0 Å². The van der Waals surface area contributed by atoms with Crippen molar-refractivity contribution in [1.29, 1.82) is 0 Å². The Kier molecular flexibility index (Phi) is 6.73. The number of rotatable bonds is 4. The molecule has 168 valence electrons. The largest absolute Gasteiger partial charge is 0.443 e. The molecule has 1 heterocycles. The zero-order chi connectivity index (χ0) is 23.1. The first-order valence-corrected chi connectivity index (χ1v) is 10.4. The van der Waals surface area contributed by atoms with E-state index < -0.39 is 51.9 Å². The average Bonchev–Trinajstić information content (AvgIpc) is 2.88. The standard InChI is InChI=1S/C20H26F4N2O3S/c1-18(2,3)29-17(27)26-11-12(14-10-13(21)7-8-15(14)26)9-16(20(22,23)24)25-30(28)19(4,5)6/h7-8,10-11,16,25H,9H2,1-6H3/t16-,30?/m0/s1. The number of halogens is 4. The van der Waals surface area contributed by atoms with Crippen LogP contribution in [0.1, 0.15) is 47.1 Å². The lowest BCUT2D eigenvalue weighted by Crippen LogP contribution is -2.48. The molecule has 30 heavy (non-hydrogen) atoms. The average molecular weight is 450 g/mol. The quantitative estimate of drug-likeness (QED) is 0.661. The van der Waals surface area contributed by atoms with Gasteiger partial charge in [0, 0.05) is 11.6 Å². The Morgan fingerprint density at radius 2 is 1.77 bits per heavy atom. The predicted molar refractivity (Wildman–Crippen MR) is 108 cm³/mol. The number of nitrogens with zero attached hydrogens (tertiary/aromatic N) is 1. The van der Waals surface area contributed by atoms with Gasteiger partial charge in [-0.3, -0.25) is 4.57 Å². The van der Waals surface area contributed by atoms with Gasteiger partial charge in [-0.2, -0.15) is 13.2 Å². The topological polar surface area (TPSA) is 60.3 Å². The second-order valence-corrected chi connectivity index (χ2v) is 11.0. The molecule has 0 aliphatic rings. The van der Waals surface area contributed by atoms with Gasteiger partial charge >= 0.3 is 12.3 Å². The van der Waals surface area contributed by atoms with Gasteiger partial charge in [0.1, 0.15) is 17.5 Å². The first-order valence-electron chi connectivity index (χ1n) is 9.26. The Hall–Kier alpha value is -1.94. The van der Waals surface area contributed by atoms with Crippen LogP contribution in [0.5, 0.6) is 0 Å². The van der Waals surface area contributed by atoms with Crippen LogP contribution in [0.15, 0.2) is 24.4 Å². The Morgan fingerprint density at radius 1 is 1.17 bits per heavy atom. The molecule has 0 radical (unpaired) electrons. The highest BCUT2D eigenvalue weighted by Crippen LogP contribution is 2.30. The number of nitrogens with one attached hydrogen (secondary N) is 1. The Balaban J connectivity index is 2.50. The van der Waals surface area contributed by atoms with Crippen LogP contribution in [0.3, 0.4) is 0 Å². The van der Waals surface area contributed by atoms with Gasteiger partial charge in [-0.15, -0.1) is 0 Å². The van der Waals surface area contributed by atoms with Gasteiger partial charge in [0.2, 0.25) is 0 Å². The summed E-state index contributed by atoms with van der Waals surface area (Å²) < 4.78 is 74.6. The molecule has 0 aliphatic heterocycles. The van der Waals surface area contributed by atoms with Crippen LogP contribution >= 0.6 is 0 Å². The van der Waals surface area contributed by atoms with Crippen LogP contribution in [0.25, 0.3) is 10.9 Å². The Morgan fingerprint density at radius 3 is 2.27 bits per heavy atom. The molecule has 0 bridgehead atoms.